The van der Waals surface area contributed by atoms with E-state index in [9.17, 15) is 0 Å². The topological polar surface area (TPSA) is 29.6 Å². The molecule has 0 aliphatic rings. The number of para-hydroxylation sites is 12. The van der Waals surface area contributed by atoms with E-state index in [1.54, 1.807) is 0 Å². The molecule has 0 saturated carbocycles. The average Bonchev–Trinajstić information content (AvgIpc) is 1.52. The van der Waals surface area contributed by atoms with Crippen LogP contribution >= 0.6 is 0 Å². The summed E-state index contributed by atoms with van der Waals surface area (Å²) in [5, 5.41) is 22.7. The van der Waals surface area contributed by atoms with Gasteiger partial charge in [-0.3, -0.25) is 0 Å². The van der Waals surface area contributed by atoms with Crippen molar-refractivity contribution in [1.29, 1.82) is 0 Å². The Kier molecular flexibility index (Phi) is 20.9. The summed E-state index contributed by atoms with van der Waals surface area (Å²) in [7, 11) is 0. The first-order valence-electron chi connectivity index (χ1n) is 51.7. The maximum Gasteiger partial charge on any atom is 0.0547 e. The number of hydrogen-bond acceptors (Lipinski definition) is 0. The fourth-order valence-electron chi connectivity index (χ4n) is 24.2. The minimum absolute atomic E-state index is 1.17. The third kappa shape index (κ3) is 14.5. The van der Waals surface area contributed by atoms with Crippen LogP contribution in [0.3, 0.4) is 0 Å². The van der Waals surface area contributed by atoms with Crippen LogP contribution in [-0.4, -0.2) is 27.4 Å². The molecule has 0 amide bonds. The van der Waals surface area contributed by atoms with Gasteiger partial charge in [0.1, 0.15) is 0 Å². The lowest BCUT2D eigenvalue weighted by Gasteiger charge is -2.17. The molecule has 0 radical (unpaired) electrons. The predicted octanol–water partition coefficient (Wildman–Crippen LogP) is 38.8. The molecule has 6 heteroatoms. The maximum absolute atomic E-state index is 2.48. The van der Waals surface area contributed by atoms with Crippen molar-refractivity contribution in [3.63, 3.8) is 0 Å². The molecular formula is C144H94N6. The molecule has 0 N–H and O–H groups in total. The third-order valence-electron chi connectivity index (χ3n) is 30.9. The average molecular weight is 1910 g/mol. The number of hydrogen-bond donors (Lipinski definition) is 0. The molecule has 6 aromatic heterocycles. The molecule has 0 aliphatic carbocycles. The Bertz CT molecular complexity index is 10800. The van der Waals surface area contributed by atoms with Crippen LogP contribution in [0.4, 0.5) is 0 Å². The van der Waals surface area contributed by atoms with Gasteiger partial charge in [-0.15, -0.1) is 0 Å². The summed E-state index contributed by atoms with van der Waals surface area (Å²) in [6.07, 6.45) is 0. The van der Waals surface area contributed by atoms with Crippen LogP contribution in [0.1, 0.15) is 0 Å². The van der Waals surface area contributed by atoms with Crippen LogP contribution < -0.4 is 0 Å². The van der Waals surface area contributed by atoms with Gasteiger partial charge in [0.15, 0.2) is 0 Å². The minimum atomic E-state index is 1.17. The molecule has 31 rings (SSSR count). The Balaban J connectivity index is 0.000000106. The fraction of sp³-hybridized carbons (Fsp3) is 0. The van der Waals surface area contributed by atoms with Crippen LogP contribution in [0.25, 0.3) is 275 Å². The van der Waals surface area contributed by atoms with Crippen molar-refractivity contribution in [2.45, 2.75) is 0 Å². The molecule has 0 fully saturated rings. The molecule has 0 atom stereocenters. The van der Waals surface area contributed by atoms with E-state index in [0.29, 0.717) is 0 Å². The SMILES string of the molecule is c1ccc(-c2cccc(-c3ccccc3-n3c4ccccc4c4ccc(-c5ccc6c7ccccc7n(-c7ccccc7)c6c5)cc43)c2)cc1.c1ccc(-n2c3ccccc3c3ccc(-c4ccc5c6ccccc6n(-c6ccccc6-c6cc7ccccc7c7ccccc67)c5c4)cc32)cc1.c1ccc(-n2c3ccccc3c3ccc(-c4ccc5c6ccccc6n(-c6ccccc6-c6cccc7ccccc67)c5c4)cc32)cc1. The van der Waals surface area contributed by atoms with Gasteiger partial charge in [-0.2, -0.15) is 0 Å². The summed E-state index contributed by atoms with van der Waals surface area (Å²) in [6.45, 7) is 0. The number of fused-ring (bicyclic) bond motifs is 22. The van der Waals surface area contributed by atoms with Crippen molar-refractivity contribution in [3.05, 3.63) is 570 Å². The lowest BCUT2D eigenvalue weighted by atomic mass is 9.92. The van der Waals surface area contributed by atoms with Crippen molar-refractivity contribution in [2.24, 2.45) is 0 Å². The highest BCUT2D eigenvalue weighted by Gasteiger charge is 2.26. The summed E-state index contributed by atoms with van der Waals surface area (Å²) in [4.78, 5) is 0. The van der Waals surface area contributed by atoms with E-state index >= 15 is 0 Å². The van der Waals surface area contributed by atoms with Crippen molar-refractivity contribution < 1.29 is 0 Å². The number of rotatable bonds is 13. The van der Waals surface area contributed by atoms with Gasteiger partial charge in [-0.1, -0.05) is 431 Å². The minimum Gasteiger partial charge on any atom is -0.309 e. The second-order valence-electron chi connectivity index (χ2n) is 39.2. The van der Waals surface area contributed by atoms with Gasteiger partial charge in [0.25, 0.3) is 0 Å². The summed E-state index contributed by atoms with van der Waals surface area (Å²) < 4.78 is 14.6. The highest BCUT2D eigenvalue weighted by atomic mass is 15.0. The largest absolute Gasteiger partial charge is 0.309 e. The zero-order chi connectivity index (χ0) is 98.8. The number of aromatic nitrogens is 6. The normalized spacial score (nSPS) is 11.7. The van der Waals surface area contributed by atoms with E-state index in [2.05, 4.69) is 598 Å². The van der Waals surface area contributed by atoms with Crippen LogP contribution in [0, 0.1) is 0 Å². The quantitative estimate of drug-likeness (QED) is 0.103. The van der Waals surface area contributed by atoms with E-state index in [4.69, 9.17) is 0 Å². The standard InChI is InChI=1S/C50H32N2.C48H32N2.C46H30N2/c1-2-15-36(16-3-1)51-46-23-11-8-20-40(46)43-28-26-33(31-49(43)51)34-27-29-44-41-21-9-12-24-47(41)52(50(44)32-34)48-25-13-10-22-42(48)45-30-35-14-4-5-17-37(35)38-18-6-7-19-39(38)45;1-3-14-33(15-4-1)34-16-13-17-37(30-34)39-20-7-10-23-44(39)50-46-25-12-9-22-41(46)43-29-27-36(32-48(43)50)35-26-28-42-40-21-8-11-24-45(40)49(47(42)31-35)38-18-5-2-6-19-38;1-2-15-34(16-3-1)47-42-22-9-7-19-38(42)40-27-25-32(29-45(40)47)33-26-28-41-39-20-8-11-24-44(39)48(46(41)30-33)43-23-10-6-18-37(43)36-21-12-14-31-13-4-5-17-35(31)36/h1-32H;1-32H;1-30H. The van der Waals surface area contributed by atoms with Gasteiger partial charge in [0.05, 0.1) is 83.3 Å². The molecule has 0 saturated heterocycles. The molecule has 0 bridgehead atoms. The Labute approximate surface area is 866 Å². The predicted molar refractivity (Wildman–Crippen MR) is 636 cm³/mol. The first-order chi connectivity index (χ1) is 74.5. The number of nitrogens with zero attached hydrogens (tertiary/aromatic N) is 6. The van der Waals surface area contributed by atoms with Gasteiger partial charge in [-0.25, -0.2) is 0 Å². The Morgan fingerprint density at radius 3 is 0.713 bits per heavy atom. The Morgan fingerprint density at radius 1 is 0.0933 bits per heavy atom. The Morgan fingerprint density at radius 2 is 0.327 bits per heavy atom. The highest BCUT2D eigenvalue weighted by Crippen LogP contribution is 2.49. The summed E-state index contributed by atoms with van der Waals surface area (Å²) >= 11 is 0. The summed E-state index contributed by atoms with van der Waals surface area (Å²) in [6, 6.07) is 208. The maximum atomic E-state index is 2.48. The summed E-state index contributed by atoms with van der Waals surface area (Å²) in [5.74, 6) is 0. The Hall–Kier alpha value is -19.9. The van der Waals surface area contributed by atoms with Crippen LogP contribution in [0.2, 0.25) is 0 Å². The molecular weight excluding hydrogens is 1810 g/mol. The molecule has 700 valence electrons. The zero-order valence-electron chi connectivity index (χ0n) is 82.0. The molecule has 31 aromatic rings. The van der Waals surface area contributed by atoms with Gasteiger partial charge in [0, 0.05) is 98.4 Å². The van der Waals surface area contributed by atoms with Crippen molar-refractivity contribution in [3.8, 4) is 112 Å². The summed E-state index contributed by atoms with van der Waals surface area (Å²) in [5.41, 5.74) is 38.4. The molecule has 6 heterocycles. The third-order valence-corrected chi connectivity index (χ3v) is 30.9. The molecule has 0 aliphatic heterocycles. The highest BCUT2D eigenvalue weighted by molar-refractivity contribution is 6.20. The monoisotopic (exact) mass is 1910 g/mol. The number of benzene rings is 25. The fourth-order valence-corrected chi connectivity index (χ4v) is 24.2. The van der Waals surface area contributed by atoms with Gasteiger partial charge < -0.3 is 27.4 Å². The van der Waals surface area contributed by atoms with E-state index in [-0.39, 0.29) is 0 Å². The molecule has 25 aromatic carbocycles. The zero-order valence-corrected chi connectivity index (χ0v) is 82.0. The van der Waals surface area contributed by atoms with Gasteiger partial charge >= 0.3 is 0 Å². The van der Waals surface area contributed by atoms with Crippen molar-refractivity contribution >= 4 is 163 Å². The van der Waals surface area contributed by atoms with E-state index in [1.807, 2.05) is 0 Å². The lowest BCUT2D eigenvalue weighted by Crippen LogP contribution is -1.98. The van der Waals surface area contributed by atoms with Crippen molar-refractivity contribution in [1.82, 2.24) is 27.4 Å². The molecule has 0 unspecified atom stereocenters. The van der Waals surface area contributed by atoms with Crippen molar-refractivity contribution in [2.75, 3.05) is 0 Å². The lowest BCUT2D eigenvalue weighted by molar-refractivity contribution is 1.18. The molecule has 150 heavy (non-hydrogen) atoms. The van der Waals surface area contributed by atoms with Crippen LogP contribution in [-0.2, 0) is 0 Å². The second-order valence-corrected chi connectivity index (χ2v) is 39.2. The van der Waals surface area contributed by atoms with Crippen LogP contribution in [0.5, 0.6) is 0 Å². The molecule has 0 spiro atoms. The van der Waals surface area contributed by atoms with E-state index in [1.165, 1.54) is 275 Å². The first-order valence-corrected chi connectivity index (χ1v) is 51.7. The smallest absolute Gasteiger partial charge is 0.0547 e. The van der Waals surface area contributed by atoms with E-state index in [0.717, 1.165) is 0 Å². The van der Waals surface area contributed by atoms with E-state index < -0.39 is 0 Å². The van der Waals surface area contributed by atoms with Gasteiger partial charge in [-0.05, 0) is 233 Å². The van der Waals surface area contributed by atoms with Crippen LogP contribution in [0.15, 0.2) is 570 Å². The van der Waals surface area contributed by atoms with Gasteiger partial charge in [0.2, 0.25) is 0 Å². The first kappa shape index (κ1) is 86.7. The molecule has 6 nitrogen and oxygen atoms in total. The second kappa shape index (κ2) is 36.1.